The van der Waals surface area contributed by atoms with Gasteiger partial charge in [0.15, 0.2) is 6.10 Å². The molecule has 0 radical (unpaired) electrons. The smallest absolute Gasteiger partial charge is 0.351 e. The number of carbonyl (C=O) groups is 4. The Bertz CT molecular complexity index is 855. The topological polar surface area (TPSA) is 125 Å². The molecule has 0 bridgehead atoms. The number of aliphatic hydroxyl groups excluding tert-OH is 1. The zero-order valence-electron chi connectivity index (χ0n) is 19.3. The van der Waals surface area contributed by atoms with Crippen molar-refractivity contribution in [2.75, 3.05) is 0 Å². The average molecular weight is 450 g/mol. The second kappa shape index (κ2) is 10.9. The maximum absolute atomic E-state index is 12.5. The highest BCUT2D eigenvalue weighted by molar-refractivity contribution is 5.92. The van der Waals surface area contributed by atoms with Gasteiger partial charge in [0.1, 0.15) is 17.0 Å². The lowest BCUT2D eigenvalue weighted by Gasteiger charge is -2.27. The van der Waals surface area contributed by atoms with Crippen molar-refractivity contribution in [1.29, 1.82) is 0 Å². The fourth-order valence-corrected chi connectivity index (χ4v) is 2.23. The quantitative estimate of drug-likeness (QED) is 0.289. The van der Waals surface area contributed by atoms with E-state index in [0.29, 0.717) is 11.3 Å². The van der Waals surface area contributed by atoms with Gasteiger partial charge < -0.3 is 24.1 Å². The lowest BCUT2D eigenvalue weighted by molar-refractivity contribution is -0.191. The Hall–Kier alpha value is -3.20. The first-order chi connectivity index (χ1) is 14.6. The second-order valence-electron chi connectivity index (χ2n) is 8.87. The van der Waals surface area contributed by atoms with Crippen LogP contribution in [0.1, 0.15) is 54.0 Å². The average Bonchev–Trinajstić information content (AvgIpc) is 2.61. The van der Waals surface area contributed by atoms with Crippen LogP contribution in [0.15, 0.2) is 30.3 Å². The number of ether oxygens (including phenoxy) is 4. The molecule has 0 aliphatic rings. The normalized spacial score (nSPS) is 13.8. The molecule has 0 amide bonds. The van der Waals surface area contributed by atoms with Crippen LogP contribution in [-0.2, 0) is 33.4 Å². The molecule has 0 fully saturated rings. The van der Waals surface area contributed by atoms with Crippen LogP contribution in [0.25, 0.3) is 6.08 Å². The van der Waals surface area contributed by atoms with E-state index in [9.17, 15) is 24.3 Å². The van der Waals surface area contributed by atoms with Gasteiger partial charge in [0, 0.05) is 13.0 Å². The number of hydrogen-bond donors (Lipinski definition) is 1. The van der Waals surface area contributed by atoms with Gasteiger partial charge >= 0.3 is 23.9 Å². The number of esters is 4. The lowest BCUT2D eigenvalue weighted by atomic mass is 10.1. The van der Waals surface area contributed by atoms with E-state index in [1.165, 1.54) is 25.1 Å². The predicted molar refractivity (Wildman–Crippen MR) is 114 cm³/mol. The van der Waals surface area contributed by atoms with Crippen molar-refractivity contribution in [3.8, 4) is 5.75 Å². The van der Waals surface area contributed by atoms with E-state index < -0.39 is 47.3 Å². The number of carbonyl (C=O) groups excluding carboxylic acids is 4. The highest BCUT2D eigenvalue weighted by atomic mass is 16.6. The van der Waals surface area contributed by atoms with Gasteiger partial charge in [-0.25, -0.2) is 14.4 Å². The summed E-state index contributed by atoms with van der Waals surface area (Å²) in [5, 5.41) is 10.3. The van der Waals surface area contributed by atoms with Crippen LogP contribution in [0.3, 0.4) is 0 Å². The summed E-state index contributed by atoms with van der Waals surface area (Å²) >= 11 is 0. The summed E-state index contributed by atoms with van der Waals surface area (Å²) in [5.74, 6) is -3.35. The molecule has 0 saturated heterocycles. The molecular formula is C23H30O9. The fourth-order valence-electron chi connectivity index (χ4n) is 2.23. The van der Waals surface area contributed by atoms with E-state index in [1.54, 1.807) is 53.7 Å². The van der Waals surface area contributed by atoms with E-state index in [4.69, 9.17) is 18.9 Å². The molecule has 9 heteroatoms. The van der Waals surface area contributed by atoms with E-state index in [1.807, 2.05) is 0 Å². The molecule has 0 unspecified atom stereocenters. The Morgan fingerprint density at radius 3 is 1.84 bits per heavy atom. The molecule has 0 aliphatic carbocycles. The molecule has 0 aromatic heterocycles. The van der Waals surface area contributed by atoms with Crippen LogP contribution < -0.4 is 4.74 Å². The predicted octanol–water partition coefficient (Wildman–Crippen LogP) is 2.58. The van der Waals surface area contributed by atoms with Gasteiger partial charge in [-0.05, 0) is 65.3 Å². The van der Waals surface area contributed by atoms with Crippen molar-refractivity contribution in [2.24, 2.45) is 0 Å². The van der Waals surface area contributed by atoms with Gasteiger partial charge in [-0.3, -0.25) is 4.79 Å². The van der Waals surface area contributed by atoms with Crippen molar-refractivity contribution in [3.05, 3.63) is 35.9 Å². The van der Waals surface area contributed by atoms with Crippen molar-refractivity contribution in [3.63, 3.8) is 0 Å². The van der Waals surface area contributed by atoms with Crippen LogP contribution >= 0.6 is 0 Å². The van der Waals surface area contributed by atoms with Crippen LogP contribution in [0.4, 0.5) is 0 Å². The summed E-state index contributed by atoms with van der Waals surface area (Å²) in [6.07, 6.45) is -1.61. The van der Waals surface area contributed by atoms with Crippen LogP contribution in [0.2, 0.25) is 0 Å². The summed E-state index contributed by atoms with van der Waals surface area (Å²) < 4.78 is 20.2. The third kappa shape index (κ3) is 10.2. The maximum atomic E-state index is 12.5. The lowest BCUT2D eigenvalue weighted by Crippen LogP contribution is -2.47. The monoisotopic (exact) mass is 450 g/mol. The molecule has 9 nitrogen and oxygen atoms in total. The second-order valence-corrected chi connectivity index (χ2v) is 8.87. The van der Waals surface area contributed by atoms with Gasteiger partial charge in [0.05, 0.1) is 0 Å². The van der Waals surface area contributed by atoms with Crippen LogP contribution in [0.5, 0.6) is 5.75 Å². The third-order valence-corrected chi connectivity index (χ3v) is 3.37. The molecule has 0 saturated carbocycles. The van der Waals surface area contributed by atoms with E-state index in [0.717, 1.165) is 6.08 Å². The zero-order chi connectivity index (χ0) is 24.7. The molecule has 1 aromatic carbocycles. The standard InChI is InChI=1S/C23H30O9/c1-14(24)29-16-11-8-15(9-12-16)10-13-17(25)30-19(21(28)32-23(5,6)7)18(26)20(27)31-22(2,3)4/h8-13,18-19,26H,1-7H3/b13-10+/t18-,19-/m1/s1. The molecule has 1 rings (SSSR count). The molecule has 1 N–H and O–H groups in total. The summed E-state index contributed by atoms with van der Waals surface area (Å²) in [7, 11) is 0. The van der Waals surface area contributed by atoms with Gasteiger partial charge in [-0.2, -0.15) is 0 Å². The molecule has 0 heterocycles. The van der Waals surface area contributed by atoms with Crippen molar-refractivity contribution < 1.29 is 43.2 Å². The fraction of sp³-hybridized carbons (Fsp3) is 0.478. The van der Waals surface area contributed by atoms with E-state index in [-0.39, 0.29) is 0 Å². The largest absolute Gasteiger partial charge is 0.458 e. The minimum Gasteiger partial charge on any atom is -0.458 e. The highest BCUT2D eigenvalue weighted by Crippen LogP contribution is 2.17. The number of hydrogen-bond acceptors (Lipinski definition) is 9. The molecule has 0 spiro atoms. The first kappa shape index (κ1) is 26.8. The highest BCUT2D eigenvalue weighted by Gasteiger charge is 2.40. The Morgan fingerprint density at radius 1 is 0.875 bits per heavy atom. The first-order valence-electron chi connectivity index (χ1n) is 9.88. The number of rotatable bonds is 7. The summed E-state index contributed by atoms with van der Waals surface area (Å²) in [6, 6.07) is 6.23. The molecule has 176 valence electrons. The van der Waals surface area contributed by atoms with Crippen LogP contribution in [0, 0.1) is 0 Å². The van der Waals surface area contributed by atoms with Crippen LogP contribution in [-0.4, -0.2) is 52.4 Å². The summed E-state index contributed by atoms with van der Waals surface area (Å²) in [6.45, 7) is 10.8. The Morgan fingerprint density at radius 2 is 1.38 bits per heavy atom. The van der Waals surface area contributed by atoms with Crippen molar-refractivity contribution in [1.82, 2.24) is 0 Å². The molecular weight excluding hydrogens is 420 g/mol. The SMILES string of the molecule is CC(=O)Oc1ccc(/C=C/C(=O)O[C@@H](C(=O)OC(C)(C)C)[C@@H](O)C(=O)OC(C)(C)C)cc1. The first-order valence-corrected chi connectivity index (χ1v) is 9.88. The van der Waals surface area contributed by atoms with Gasteiger partial charge in [0.2, 0.25) is 6.10 Å². The molecule has 0 aliphatic heterocycles. The summed E-state index contributed by atoms with van der Waals surface area (Å²) in [4.78, 5) is 47.9. The van der Waals surface area contributed by atoms with Gasteiger partial charge in [-0.1, -0.05) is 12.1 Å². The van der Waals surface area contributed by atoms with Crippen molar-refractivity contribution >= 4 is 30.0 Å². The number of benzene rings is 1. The van der Waals surface area contributed by atoms with Gasteiger partial charge in [-0.15, -0.1) is 0 Å². The Balaban J connectivity index is 2.96. The maximum Gasteiger partial charge on any atom is 0.351 e. The van der Waals surface area contributed by atoms with E-state index in [2.05, 4.69) is 0 Å². The Kier molecular flexibility index (Phi) is 9.14. The third-order valence-electron chi connectivity index (χ3n) is 3.37. The Labute approximate surface area is 187 Å². The minimum absolute atomic E-state index is 0.336. The van der Waals surface area contributed by atoms with Crippen molar-refractivity contribution in [2.45, 2.75) is 71.9 Å². The number of aliphatic hydroxyl groups is 1. The molecule has 32 heavy (non-hydrogen) atoms. The molecule has 1 aromatic rings. The van der Waals surface area contributed by atoms with E-state index >= 15 is 0 Å². The molecule has 2 atom stereocenters. The summed E-state index contributed by atoms with van der Waals surface area (Å²) in [5.41, 5.74) is -1.31. The minimum atomic E-state index is -2.08. The van der Waals surface area contributed by atoms with Gasteiger partial charge in [0.25, 0.3) is 0 Å². The zero-order valence-corrected chi connectivity index (χ0v) is 19.3.